The molecule has 1 unspecified atom stereocenters. The Kier molecular flexibility index (Phi) is 5.64. The van der Waals surface area contributed by atoms with Gasteiger partial charge in [0.1, 0.15) is 11.4 Å². The molecule has 0 aliphatic heterocycles. The van der Waals surface area contributed by atoms with Gasteiger partial charge in [-0.3, -0.25) is 9.59 Å². The van der Waals surface area contributed by atoms with E-state index in [2.05, 4.69) is 5.32 Å². The fourth-order valence-corrected chi connectivity index (χ4v) is 1.21. The zero-order valence-corrected chi connectivity index (χ0v) is 10.6. The molecule has 98 valence electrons. The zero-order valence-electron chi connectivity index (χ0n) is 10.6. The summed E-state index contributed by atoms with van der Waals surface area (Å²) in [5, 5.41) is 11.0. The molecule has 1 amide bonds. The van der Waals surface area contributed by atoms with Gasteiger partial charge in [0.05, 0.1) is 6.42 Å². The number of carbonyl (C=O) groups excluding carboxylic acids is 2. The van der Waals surface area contributed by atoms with Crippen LogP contribution in [0, 0.1) is 0 Å². The van der Waals surface area contributed by atoms with Crippen LogP contribution in [0.1, 0.15) is 40.5 Å². The van der Waals surface area contributed by atoms with Crippen LogP contribution in [0.25, 0.3) is 0 Å². The van der Waals surface area contributed by atoms with Gasteiger partial charge in [-0.2, -0.15) is 0 Å². The monoisotopic (exact) mass is 245 g/mol. The van der Waals surface area contributed by atoms with Crippen molar-refractivity contribution in [3.05, 3.63) is 0 Å². The summed E-state index contributed by atoms with van der Waals surface area (Å²) in [6.45, 7) is 6.43. The van der Waals surface area contributed by atoms with Crippen molar-refractivity contribution >= 4 is 17.8 Å². The number of hydrogen-bond acceptors (Lipinski definition) is 4. The Bertz CT molecular complexity index is 289. The molecule has 0 radical (unpaired) electrons. The summed E-state index contributed by atoms with van der Waals surface area (Å²) < 4.78 is 4.98. The molecule has 17 heavy (non-hydrogen) atoms. The van der Waals surface area contributed by atoms with Gasteiger partial charge in [0.25, 0.3) is 0 Å². The van der Waals surface area contributed by atoms with Gasteiger partial charge in [-0.05, 0) is 27.7 Å². The van der Waals surface area contributed by atoms with E-state index in [1.807, 2.05) is 0 Å². The lowest BCUT2D eigenvalue weighted by Gasteiger charge is -2.22. The highest BCUT2D eigenvalue weighted by Gasteiger charge is 2.22. The fraction of sp³-hybridized carbons (Fsp3) is 0.727. The molecule has 0 aromatic heterocycles. The summed E-state index contributed by atoms with van der Waals surface area (Å²) in [5.41, 5.74) is -0.659. The quantitative estimate of drug-likeness (QED) is 0.762. The number of carboxylic acids is 1. The van der Waals surface area contributed by atoms with Crippen LogP contribution in [0.2, 0.25) is 0 Å². The molecule has 0 saturated heterocycles. The number of carbonyl (C=O) groups is 3. The maximum Gasteiger partial charge on any atom is 0.407 e. The third kappa shape index (κ3) is 9.35. The first-order valence-electron chi connectivity index (χ1n) is 5.31. The summed E-state index contributed by atoms with van der Waals surface area (Å²) in [4.78, 5) is 32.9. The molecule has 6 heteroatoms. The van der Waals surface area contributed by atoms with Crippen LogP contribution in [-0.4, -0.2) is 34.6 Å². The largest absolute Gasteiger partial charge is 0.481 e. The van der Waals surface area contributed by atoms with E-state index in [0.717, 1.165) is 0 Å². The Balaban J connectivity index is 4.37. The molecular weight excluding hydrogens is 226 g/mol. The fourth-order valence-electron chi connectivity index (χ4n) is 1.21. The van der Waals surface area contributed by atoms with Crippen molar-refractivity contribution in [1.82, 2.24) is 5.32 Å². The number of aliphatic carboxylic acids is 1. The summed E-state index contributed by atoms with van der Waals surface area (Å²) in [6.07, 6.45) is -1.05. The topological polar surface area (TPSA) is 92.7 Å². The minimum absolute atomic E-state index is 0.0223. The second kappa shape index (κ2) is 6.22. The van der Waals surface area contributed by atoms with Gasteiger partial charge in [-0.1, -0.05) is 0 Å². The van der Waals surface area contributed by atoms with E-state index in [0.29, 0.717) is 0 Å². The predicted molar refractivity (Wildman–Crippen MR) is 60.7 cm³/mol. The number of alkyl carbamates (subject to hydrolysis) is 1. The maximum absolute atomic E-state index is 11.4. The molecule has 0 aromatic rings. The van der Waals surface area contributed by atoms with Gasteiger partial charge in [-0.15, -0.1) is 0 Å². The van der Waals surface area contributed by atoms with Crippen molar-refractivity contribution in [3.8, 4) is 0 Å². The summed E-state index contributed by atoms with van der Waals surface area (Å²) >= 11 is 0. The van der Waals surface area contributed by atoms with E-state index >= 15 is 0 Å². The minimum atomic E-state index is -1.08. The molecule has 2 N–H and O–H groups in total. The first-order chi connectivity index (χ1) is 7.60. The van der Waals surface area contributed by atoms with Gasteiger partial charge in [0.15, 0.2) is 0 Å². The molecule has 0 aliphatic carbocycles. The van der Waals surface area contributed by atoms with E-state index in [4.69, 9.17) is 9.84 Å². The van der Waals surface area contributed by atoms with Gasteiger partial charge in [-0.25, -0.2) is 4.79 Å². The van der Waals surface area contributed by atoms with E-state index in [9.17, 15) is 14.4 Å². The lowest BCUT2D eigenvalue weighted by atomic mass is 10.1. The number of amides is 1. The highest BCUT2D eigenvalue weighted by Crippen LogP contribution is 2.08. The van der Waals surface area contributed by atoms with Gasteiger partial charge in [0, 0.05) is 12.5 Å². The smallest absolute Gasteiger partial charge is 0.407 e. The summed E-state index contributed by atoms with van der Waals surface area (Å²) in [5.74, 6) is -1.26. The molecule has 0 spiro atoms. The van der Waals surface area contributed by atoms with Crippen molar-refractivity contribution in [2.75, 3.05) is 0 Å². The number of carboxylic acid groups (broad SMARTS) is 1. The van der Waals surface area contributed by atoms with Gasteiger partial charge >= 0.3 is 12.1 Å². The average Bonchev–Trinajstić information content (AvgIpc) is 1.95. The summed E-state index contributed by atoms with van der Waals surface area (Å²) in [7, 11) is 0. The van der Waals surface area contributed by atoms with Crippen molar-refractivity contribution in [3.63, 3.8) is 0 Å². The molecule has 0 aromatic carbocycles. The first kappa shape index (κ1) is 15.4. The Hall–Kier alpha value is -1.59. The van der Waals surface area contributed by atoms with E-state index < -0.39 is 23.7 Å². The molecule has 0 heterocycles. The third-order valence-electron chi connectivity index (χ3n) is 1.68. The molecule has 0 bridgehead atoms. The van der Waals surface area contributed by atoms with Crippen molar-refractivity contribution in [2.45, 2.75) is 52.2 Å². The van der Waals surface area contributed by atoms with Crippen LogP contribution < -0.4 is 5.32 Å². The molecule has 0 fully saturated rings. The molecule has 1 atom stereocenters. The number of Topliss-reactive ketones (excluding diaryl/α,β-unsaturated/α-hetero) is 1. The highest BCUT2D eigenvalue weighted by molar-refractivity contribution is 5.79. The van der Waals surface area contributed by atoms with Gasteiger partial charge in [0.2, 0.25) is 0 Å². The highest BCUT2D eigenvalue weighted by atomic mass is 16.6. The molecule has 6 nitrogen and oxygen atoms in total. The maximum atomic E-state index is 11.4. The average molecular weight is 245 g/mol. The number of hydrogen-bond donors (Lipinski definition) is 2. The standard InChI is InChI=1S/C11H19NO5/c1-7(13)5-8(6-9(14)15)12-10(16)17-11(2,3)4/h8H,5-6H2,1-4H3,(H,12,16)(H,14,15). The van der Waals surface area contributed by atoms with Crippen LogP contribution in [0.3, 0.4) is 0 Å². The number of ketones is 1. The molecule has 0 aliphatic rings. The van der Waals surface area contributed by atoms with Crippen molar-refractivity contribution in [1.29, 1.82) is 0 Å². The van der Waals surface area contributed by atoms with Crippen molar-refractivity contribution < 1.29 is 24.2 Å². The Morgan fingerprint density at radius 1 is 1.24 bits per heavy atom. The SMILES string of the molecule is CC(=O)CC(CC(=O)O)NC(=O)OC(C)(C)C. The van der Waals surface area contributed by atoms with E-state index in [1.165, 1.54) is 6.92 Å². The Labute approximate surface area is 100 Å². The van der Waals surface area contributed by atoms with Gasteiger partial charge < -0.3 is 15.2 Å². The Morgan fingerprint density at radius 2 is 1.76 bits per heavy atom. The van der Waals surface area contributed by atoms with Crippen LogP contribution >= 0.6 is 0 Å². The molecule has 0 rings (SSSR count). The van der Waals surface area contributed by atoms with Crippen LogP contribution in [0.4, 0.5) is 4.79 Å². The zero-order chi connectivity index (χ0) is 13.6. The van der Waals surface area contributed by atoms with Crippen LogP contribution in [-0.2, 0) is 14.3 Å². The predicted octanol–water partition coefficient (Wildman–Crippen LogP) is 1.33. The molecular formula is C11H19NO5. The number of rotatable bonds is 5. The normalized spacial score (nSPS) is 12.7. The number of ether oxygens (including phenoxy) is 1. The van der Waals surface area contributed by atoms with Crippen LogP contribution in [0.5, 0.6) is 0 Å². The van der Waals surface area contributed by atoms with Crippen molar-refractivity contribution in [2.24, 2.45) is 0 Å². The van der Waals surface area contributed by atoms with E-state index in [1.54, 1.807) is 20.8 Å². The second-order valence-corrected chi connectivity index (χ2v) is 4.85. The van der Waals surface area contributed by atoms with Crippen LogP contribution in [0.15, 0.2) is 0 Å². The Morgan fingerprint density at radius 3 is 2.12 bits per heavy atom. The number of nitrogens with one attached hydrogen (secondary N) is 1. The minimum Gasteiger partial charge on any atom is -0.481 e. The first-order valence-corrected chi connectivity index (χ1v) is 5.31. The molecule has 0 saturated carbocycles. The van der Waals surface area contributed by atoms with E-state index in [-0.39, 0.29) is 18.6 Å². The third-order valence-corrected chi connectivity index (χ3v) is 1.68. The lowest BCUT2D eigenvalue weighted by molar-refractivity contribution is -0.137. The lowest BCUT2D eigenvalue weighted by Crippen LogP contribution is -2.41. The second-order valence-electron chi connectivity index (χ2n) is 4.85. The summed E-state index contributed by atoms with van der Waals surface area (Å²) in [6, 6.07) is -0.736.